The number of aryl methyl sites for hydroxylation is 2. The van der Waals surface area contributed by atoms with Crippen LogP contribution in [0.3, 0.4) is 0 Å². The van der Waals surface area contributed by atoms with E-state index in [0.29, 0.717) is 18.7 Å². The predicted octanol–water partition coefficient (Wildman–Crippen LogP) is -0.680. The van der Waals surface area contributed by atoms with Gasteiger partial charge in [0.1, 0.15) is 5.75 Å². The minimum absolute atomic E-state index is 0. The van der Waals surface area contributed by atoms with Crippen LogP contribution in [0, 0.1) is 0 Å². The van der Waals surface area contributed by atoms with Crippen LogP contribution in [0.2, 0.25) is 0 Å². The number of hydrogen-bond donors (Lipinski definition) is 0. The van der Waals surface area contributed by atoms with E-state index in [2.05, 4.69) is 15.1 Å². The zero-order valence-corrected chi connectivity index (χ0v) is 21.2. The van der Waals surface area contributed by atoms with Crippen LogP contribution >= 0.6 is 0 Å². The first-order valence-corrected chi connectivity index (χ1v) is 10.3. The molecule has 3 rings (SSSR count). The van der Waals surface area contributed by atoms with Gasteiger partial charge in [0.05, 0.1) is 14.2 Å². The van der Waals surface area contributed by atoms with Gasteiger partial charge in [-0.2, -0.15) is 0 Å². The second-order valence-electron chi connectivity index (χ2n) is 6.85. The van der Waals surface area contributed by atoms with Crippen molar-refractivity contribution in [3.05, 3.63) is 52.6 Å². The summed E-state index contributed by atoms with van der Waals surface area (Å²) in [4.78, 5) is 2.17. The van der Waals surface area contributed by atoms with Crippen molar-refractivity contribution in [2.45, 2.75) is 25.8 Å². The van der Waals surface area contributed by atoms with Crippen LogP contribution < -0.4 is 65.0 Å². The fourth-order valence-corrected chi connectivity index (χ4v) is 3.96. The number of rotatable bonds is 4. The molecule has 2 aromatic carbocycles. The molecule has 0 N–H and O–H groups in total. The Kier molecular flexibility index (Phi) is 8.98. The second kappa shape index (κ2) is 10.6. The van der Waals surface area contributed by atoms with Crippen LogP contribution in [0.15, 0.2) is 30.3 Å². The van der Waals surface area contributed by atoms with Crippen LogP contribution in [-0.2, 0) is 36.2 Å². The largest absolute Gasteiger partial charge is 1.00 e. The summed E-state index contributed by atoms with van der Waals surface area (Å²) in [6, 6.07) is 8.99. The smallest absolute Gasteiger partial charge is 0.716 e. The number of likely N-dealkylation sites (N-methyl/N-ethyl adjacent to an activating group) is 1. The molecule has 1 aliphatic heterocycles. The second-order valence-corrected chi connectivity index (χ2v) is 7.83. The van der Waals surface area contributed by atoms with Gasteiger partial charge in [-0.3, -0.25) is 0 Å². The summed E-state index contributed by atoms with van der Waals surface area (Å²) in [7, 11) is 0.518. The number of fused-ring (bicyclic) bond motifs is 2. The van der Waals surface area contributed by atoms with Crippen LogP contribution in [-0.4, -0.2) is 45.7 Å². The summed E-state index contributed by atoms with van der Waals surface area (Å²) in [6.07, 6.45) is 2.30. The SMILES string of the molecule is COc1ccc2c(c1OC)CN(C)CCc1cc(OS(=O)(=O)[O-])ccc1CC2.[K+]. The number of nitrogens with zero attached hydrogens (tertiary/aromatic N) is 1. The van der Waals surface area contributed by atoms with Gasteiger partial charge in [0.15, 0.2) is 11.5 Å². The molecule has 2 aromatic rings. The van der Waals surface area contributed by atoms with Gasteiger partial charge in [0.25, 0.3) is 10.4 Å². The van der Waals surface area contributed by atoms with E-state index in [1.54, 1.807) is 20.3 Å². The summed E-state index contributed by atoms with van der Waals surface area (Å²) in [5.74, 6) is 1.53. The molecule has 9 heteroatoms. The number of benzene rings is 2. The van der Waals surface area contributed by atoms with Crippen molar-refractivity contribution in [2.24, 2.45) is 0 Å². The minimum Gasteiger partial charge on any atom is -0.716 e. The van der Waals surface area contributed by atoms with Gasteiger partial charge in [0, 0.05) is 18.7 Å². The van der Waals surface area contributed by atoms with Crippen molar-refractivity contribution in [3.8, 4) is 17.2 Å². The van der Waals surface area contributed by atoms with Gasteiger partial charge in [-0.1, -0.05) is 12.1 Å². The van der Waals surface area contributed by atoms with Crippen LogP contribution in [0.1, 0.15) is 22.3 Å². The zero-order chi connectivity index (χ0) is 20.3. The van der Waals surface area contributed by atoms with Gasteiger partial charge in [-0.15, -0.1) is 0 Å². The fraction of sp³-hybridized carbons (Fsp3) is 0.400. The van der Waals surface area contributed by atoms with Gasteiger partial charge in [-0.05, 0) is 61.2 Å². The molecule has 0 fully saturated rings. The average molecular weight is 446 g/mol. The van der Waals surface area contributed by atoms with E-state index in [1.165, 1.54) is 11.6 Å². The molecule has 0 unspecified atom stereocenters. The normalized spacial score (nSPS) is 14.8. The van der Waals surface area contributed by atoms with Gasteiger partial charge in [0.2, 0.25) is 0 Å². The number of methoxy groups -OCH3 is 2. The molecule has 0 spiro atoms. The van der Waals surface area contributed by atoms with E-state index in [1.807, 2.05) is 19.2 Å². The van der Waals surface area contributed by atoms with Crippen molar-refractivity contribution in [3.63, 3.8) is 0 Å². The summed E-state index contributed by atoms with van der Waals surface area (Å²) in [6.45, 7) is 1.45. The van der Waals surface area contributed by atoms with Crippen molar-refractivity contribution >= 4 is 10.4 Å². The summed E-state index contributed by atoms with van der Waals surface area (Å²) in [5.41, 5.74) is 4.38. The number of hydrogen-bond acceptors (Lipinski definition) is 7. The van der Waals surface area contributed by atoms with Crippen molar-refractivity contribution in [1.82, 2.24) is 4.90 Å². The van der Waals surface area contributed by atoms with E-state index >= 15 is 0 Å². The maximum Gasteiger partial charge on any atom is 1.00 e. The quantitative estimate of drug-likeness (QED) is 0.350. The zero-order valence-electron chi connectivity index (χ0n) is 17.2. The van der Waals surface area contributed by atoms with Gasteiger partial charge in [-0.25, -0.2) is 8.42 Å². The van der Waals surface area contributed by atoms with Crippen LogP contribution in [0.4, 0.5) is 0 Å². The molecule has 0 aromatic heterocycles. The molecular weight excluding hydrogens is 421 g/mol. The first kappa shape index (κ1) is 24.6. The third-order valence-electron chi connectivity index (χ3n) is 4.98. The molecule has 0 bridgehead atoms. The topological polar surface area (TPSA) is 88.1 Å². The Morgan fingerprint density at radius 2 is 1.66 bits per heavy atom. The number of ether oxygens (including phenoxy) is 2. The Hall–Kier alpha value is -0.654. The van der Waals surface area contributed by atoms with Crippen molar-refractivity contribution in [2.75, 3.05) is 27.8 Å². The van der Waals surface area contributed by atoms with Crippen LogP contribution in [0.5, 0.6) is 17.2 Å². The predicted molar refractivity (Wildman–Crippen MR) is 104 cm³/mol. The molecule has 0 atom stereocenters. The Balaban J connectivity index is 0.00000300. The molecule has 1 aliphatic rings. The Bertz CT molecular complexity index is 964. The van der Waals surface area contributed by atoms with Gasteiger partial charge >= 0.3 is 51.4 Å². The standard InChI is InChI=1S/C20H25NO6S.K/c1-21-11-10-16-12-17(27-28(22,23)24)8-6-14(16)4-5-15-7-9-19(25-2)20(26-3)18(15)13-21;/h6-9,12H,4-5,10-11,13H2,1-3H3,(H,22,23,24);/q;+1/p-1. The molecular formula is C20H24KNO6S. The average Bonchev–Trinajstić information content (AvgIpc) is 2.64. The Labute approximate surface area is 214 Å². The third-order valence-corrected chi connectivity index (χ3v) is 5.37. The van der Waals surface area contributed by atoms with Crippen molar-refractivity contribution < 1.29 is 78.0 Å². The summed E-state index contributed by atoms with van der Waals surface area (Å²) < 4.78 is 48.2. The first-order valence-electron chi connectivity index (χ1n) is 8.99. The maximum atomic E-state index is 10.9. The maximum absolute atomic E-state index is 10.9. The Morgan fingerprint density at radius 1 is 0.966 bits per heavy atom. The van der Waals surface area contributed by atoms with E-state index in [-0.39, 0.29) is 57.1 Å². The van der Waals surface area contributed by atoms with E-state index in [9.17, 15) is 13.0 Å². The molecule has 0 saturated carbocycles. The minimum atomic E-state index is -4.78. The molecule has 0 amide bonds. The molecule has 7 nitrogen and oxygen atoms in total. The molecule has 29 heavy (non-hydrogen) atoms. The molecule has 0 aliphatic carbocycles. The summed E-state index contributed by atoms with van der Waals surface area (Å²) in [5, 5.41) is 0. The summed E-state index contributed by atoms with van der Waals surface area (Å²) >= 11 is 0. The first-order chi connectivity index (χ1) is 13.3. The monoisotopic (exact) mass is 445 g/mol. The van der Waals surface area contributed by atoms with E-state index < -0.39 is 10.4 Å². The van der Waals surface area contributed by atoms with E-state index in [0.717, 1.165) is 41.8 Å². The fourth-order valence-electron chi connectivity index (χ4n) is 3.62. The van der Waals surface area contributed by atoms with E-state index in [4.69, 9.17) is 9.47 Å². The Morgan fingerprint density at radius 3 is 2.31 bits per heavy atom. The third kappa shape index (κ3) is 6.41. The van der Waals surface area contributed by atoms with Crippen molar-refractivity contribution in [1.29, 1.82) is 0 Å². The molecule has 0 radical (unpaired) electrons. The molecule has 1 heterocycles. The van der Waals surface area contributed by atoms with Gasteiger partial charge < -0.3 is 23.1 Å². The molecule has 0 saturated heterocycles. The van der Waals surface area contributed by atoms with Crippen LogP contribution in [0.25, 0.3) is 0 Å². The molecule has 152 valence electrons.